The molecule has 126 valence electrons. The van der Waals surface area contributed by atoms with Crippen LogP contribution in [0.1, 0.15) is 13.3 Å². The molecule has 1 N–H and O–H groups in total. The molecule has 9 heteroatoms. The Bertz CT molecular complexity index is 825. The SMILES string of the molecule is CCCSc1nc(Oc2ccc(Cl)cc2)c2nnn(CCO)c2n1. The number of benzene rings is 1. The number of aromatic nitrogens is 5. The fourth-order valence-corrected chi connectivity index (χ4v) is 2.81. The molecule has 0 saturated carbocycles. The van der Waals surface area contributed by atoms with E-state index in [0.29, 0.717) is 39.5 Å². The van der Waals surface area contributed by atoms with Crippen molar-refractivity contribution in [3.63, 3.8) is 0 Å². The number of aliphatic hydroxyl groups excluding tert-OH is 1. The maximum absolute atomic E-state index is 9.16. The molecule has 0 spiro atoms. The van der Waals surface area contributed by atoms with Crippen LogP contribution in [0.2, 0.25) is 5.02 Å². The lowest BCUT2D eigenvalue weighted by molar-refractivity contribution is 0.270. The highest BCUT2D eigenvalue weighted by Gasteiger charge is 2.16. The third kappa shape index (κ3) is 3.77. The molecule has 2 aromatic heterocycles. The normalized spacial score (nSPS) is 11.1. The number of fused-ring (bicyclic) bond motifs is 1. The lowest BCUT2D eigenvalue weighted by Gasteiger charge is -2.07. The minimum atomic E-state index is -0.0483. The van der Waals surface area contributed by atoms with Crippen LogP contribution >= 0.6 is 23.4 Å². The van der Waals surface area contributed by atoms with Gasteiger partial charge in [0.2, 0.25) is 0 Å². The Hall–Kier alpha value is -1.90. The largest absolute Gasteiger partial charge is 0.437 e. The zero-order valence-corrected chi connectivity index (χ0v) is 14.6. The second-order valence-electron chi connectivity index (χ2n) is 4.92. The first-order valence-electron chi connectivity index (χ1n) is 7.49. The Kier molecular flexibility index (Phi) is 5.49. The average molecular weight is 366 g/mol. The summed E-state index contributed by atoms with van der Waals surface area (Å²) in [5.74, 6) is 1.83. The molecule has 0 saturated heterocycles. The second kappa shape index (κ2) is 7.78. The Labute approximate surface area is 148 Å². The maximum Gasteiger partial charge on any atom is 0.253 e. The van der Waals surface area contributed by atoms with Gasteiger partial charge in [-0.15, -0.1) is 5.10 Å². The third-order valence-electron chi connectivity index (χ3n) is 3.09. The summed E-state index contributed by atoms with van der Waals surface area (Å²) in [5.41, 5.74) is 1.00. The van der Waals surface area contributed by atoms with E-state index in [4.69, 9.17) is 21.4 Å². The van der Waals surface area contributed by atoms with Crippen LogP contribution in [-0.2, 0) is 6.54 Å². The van der Waals surface area contributed by atoms with Gasteiger partial charge in [-0.1, -0.05) is 35.5 Å². The first-order valence-corrected chi connectivity index (χ1v) is 8.86. The number of ether oxygens (including phenoxy) is 1. The molecule has 0 amide bonds. The standard InChI is InChI=1S/C15H16ClN5O2S/c1-2-9-24-15-17-13-12(19-20-21(13)7-8-22)14(18-15)23-11-5-3-10(16)4-6-11/h3-6,22H,2,7-9H2,1H3. The summed E-state index contributed by atoms with van der Waals surface area (Å²) in [6.07, 6.45) is 1.01. The molecular formula is C15H16ClN5O2S. The molecule has 0 aliphatic heterocycles. The van der Waals surface area contributed by atoms with Gasteiger partial charge in [-0.05, 0) is 30.7 Å². The highest BCUT2D eigenvalue weighted by Crippen LogP contribution is 2.29. The Morgan fingerprint density at radius 3 is 2.75 bits per heavy atom. The van der Waals surface area contributed by atoms with Crippen molar-refractivity contribution in [1.29, 1.82) is 0 Å². The molecule has 3 rings (SSSR count). The molecule has 2 heterocycles. The van der Waals surface area contributed by atoms with E-state index in [9.17, 15) is 0 Å². The Balaban J connectivity index is 2.01. The number of hydrogen-bond donors (Lipinski definition) is 1. The van der Waals surface area contributed by atoms with Gasteiger partial charge in [-0.2, -0.15) is 4.98 Å². The van der Waals surface area contributed by atoms with E-state index in [0.717, 1.165) is 12.2 Å². The number of nitrogens with zero attached hydrogens (tertiary/aromatic N) is 5. The van der Waals surface area contributed by atoms with Crippen LogP contribution in [0, 0.1) is 0 Å². The fourth-order valence-electron chi connectivity index (χ4n) is 2.00. The third-order valence-corrected chi connectivity index (χ3v) is 4.39. The Morgan fingerprint density at radius 2 is 2.04 bits per heavy atom. The molecule has 24 heavy (non-hydrogen) atoms. The van der Waals surface area contributed by atoms with Crippen LogP contribution in [0.25, 0.3) is 11.2 Å². The number of thioether (sulfide) groups is 1. The summed E-state index contributed by atoms with van der Waals surface area (Å²) in [5, 5.41) is 18.5. The van der Waals surface area contributed by atoms with Crippen molar-refractivity contribution in [3.05, 3.63) is 29.3 Å². The van der Waals surface area contributed by atoms with Gasteiger partial charge in [-0.25, -0.2) is 9.67 Å². The Morgan fingerprint density at radius 1 is 1.25 bits per heavy atom. The van der Waals surface area contributed by atoms with Crippen molar-refractivity contribution >= 4 is 34.5 Å². The predicted molar refractivity (Wildman–Crippen MR) is 92.7 cm³/mol. The number of halogens is 1. The average Bonchev–Trinajstić information content (AvgIpc) is 2.99. The molecule has 1 aromatic carbocycles. The minimum absolute atomic E-state index is 0.0483. The zero-order valence-electron chi connectivity index (χ0n) is 13.0. The van der Waals surface area contributed by atoms with Crippen molar-refractivity contribution < 1.29 is 9.84 Å². The lowest BCUT2D eigenvalue weighted by Crippen LogP contribution is -2.05. The highest BCUT2D eigenvalue weighted by atomic mass is 35.5. The van der Waals surface area contributed by atoms with Crippen LogP contribution in [0.5, 0.6) is 11.6 Å². The summed E-state index contributed by atoms with van der Waals surface area (Å²) in [7, 11) is 0. The zero-order chi connectivity index (χ0) is 16.9. The topological polar surface area (TPSA) is 86.0 Å². The molecular weight excluding hydrogens is 350 g/mol. The van der Waals surface area contributed by atoms with Crippen LogP contribution < -0.4 is 4.74 Å². The quantitative estimate of drug-likeness (QED) is 0.508. The van der Waals surface area contributed by atoms with Crippen molar-refractivity contribution in [1.82, 2.24) is 25.0 Å². The molecule has 0 fully saturated rings. The molecule has 0 atom stereocenters. The van der Waals surface area contributed by atoms with Crippen LogP contribution in [-0.4, -0.2) is 42.4 Å². The second-order valence-corrected chi connectivity index (χ2v) is 6.42. The van der Waals surface area contributed by atoms with Crippen molar-refractivity contribution in [2.45, 2.75) is 25.0 Å². The van der Waals surface area contributed by atoms with Crippen molar-refractivity contribution in [3.8, 4) is 11.6 Å². The van der Waals surface area contributed by atoms with Gasteiger partial charge in [0.15, 0.2) is 16.3 Å². The lowest BCUT2D eigenvalue weighted by atomic mass is 10.3. The molecule has 0 unspecified atom stereocenters. The highest BCUT2D eigenvalue weighted by molar-refractivity contribution is 7.99. The summed E-state index contributed by atoms with van der Waals surface area (Å²) in [6.45, 7) is 2.35. The minimum Gasteiger partial charge on any atom is -0.437 e. The molecule has 0 bridgehead atoms. The predicted octanol–water partition coefficient (Wildman–Crippen LogP) is 3.16. The van der Waals surface area contributed by atoms with E-state index in [1.54, 1.807) is 28.9 Å². The fraction of sp³-hybridized carbons (Fsp3) is 0.333. The number of aliphatic hydroxyl groups is 1. The summed E-state index contributed by atoms with van der Waals surface area (Å²) >= 11 is 7.43. The van der Waals surface area contributed by atoms with E-state index in [-0.39, 0.29) is 6.61 Å². The van der Waals surface area contributed by atoms with Gasteiger partial charge < -0.3 is 9.84 Å². The van der Waals surface area contributed by atoms with E-state index in [2.05, 4.69) is 27.2 Å². The van der Waals surface area contributed by atoms with E-state index >= 15 is 0 Å². The van der Waals surface area contributed by atoms with E-state index in [1.807, 2.05) is 0 Å². The molecule has 0 aliphatic carbocycles. The number of hydrogen-bond acceptors (Lipinski definition) is 7. The van der Waals surface area contributed by atoms with Crippen LogP contribution in [0.3, 0.4) is 0 Å². The molecule has 0 aliphatic rings. The summed E-state index contributed by atoms with van der Waals surface area (Å²) in [4.78, 5) is 8.93. The first kappa shape index (κ1) is 16.9. The monoisotopic (exact) mass is 365 g/mol. The van der Waals surface area contributed by atoms with Gasteiger partial charge in [-0.3, -0.25) is 0 Å². The van der Waals surface area contributed by atoms with Gasteiger partial charge in [0.25, 0.3) is 5.88 Å². The van der Waals surface area contributed by atoms with Gasteiger partial charge >= 0.3 is 0 Å². The molecule has 0 radical (unpaired) electrons. The van der Waals surface area contributed by atoms with E-state index < -0.39 is 0 Å². The van der Waals surface area contributed by atoms with Gasteiger partial charge in [0.1, 0.15) is 5.75 Å². The maximum atomic E-state index is 9.16. The van der Waals surface area contributed by atoms with Gasteiger partial charge in [0.05, 0.1) is 13.2 Å². The van der Waals surface area contributed by atoms with Crippen LogP contribution in [0.4, 0.5) is 0 Å². The summed E-state index contributed by atoms with van der Waals surface area (Å²) < 4.78 is 7.40. The van der Waals surface area contributed by atoms with Crippen molar-refractivity contribution in [2.24, 2.45) is 0 Å². The van der Waals surface area contributed by atoms with E-state index in [1.165, 1.54) is 11.8 Å². The summed E-state index contributed by atoms with van der Waals surface area (Å²) in [6, 6.07) is 7.00. The number of rotatable bonds is 7. The first-order chi connectivity index (χ1) is 11.7. The van der Waals surface area contributed by atoms with Gasteiger partial charge in [0, 0.05) is 10.8 Å². The van der Waals surface area contributed by atoms with Crippen molar-refractivity contribution in [2.75, 3.05) is 12.4 Å². The molecule has 3 aromatic rings. The smallest absolute Gasteiger partial charge is 0.253 e. The van der Waals surface area contributed by atoms with Crippen LogP contribution in [0.15, 0.2) is 29.4 Å². The molecule has 7 nitrogen and oxygen atoms in total.